The SMILES string of the molecule is COc1cccc(NC(=O)/C(C#N)=C/c2cc(C)c(O)c(C)c2)c1. The summed E-state index contributed by atoms with van der Waals surface area (Å²) in [5, 5.41) is 21.7. The Morgan fingerprint density at radius 1 is 1.25 bits per heavy atom. The number of hydrogen-bond acceptors (Lipinski definition) is 4. The van der Waals surface area contributed by atoms with Gasteiger partial charge in [-0.15, -0.1) is 0 Å². The predicted octanol–water partition coefficient (Wildman–Crippen LogP) is 3.56. The highest BCUT2D eigenvalue weighted by molar-refractivity contribution is 6.09. The average molecular weight is 322 g/mol. The van der Waals surface area contributed by atoms with E-state index in [0.29, 0.717) is 28.1 Å². The Labute approximate surface area is 140 Å². The van der Waals surface area contributed by atoms with Gasteiger partial charge in [0.2, 0.25) is 0 Å². The van der Waals surface area contributed by atoms with E-state index in [1.807, 2.05) is 6.07 Å². The second-order valence-electron chi connectivity index (χ2n) is 5.36. The van der Waals surface area contributed by atoms with E-state index >= 15 is 0 Å². The molecule has 0 unspecified atom stereocenters. The van der Waals surface area contributed by atoms with Gasteiger partial charge in [-0.25, -0.2) is 0 Å². The number of ether oxygens (including phenoxy) is 1. The second kappa shape index (κ2) is 7.34. The highest BCUT2D eigenvalue weighted by atomic mass is 16.5. The monoisotopic (exact) mass is 322 g/mol. The molecule has 0 saturated heterocycles. The maximum Gasteiger partial charge on any atom is 0.266 e. The maximum absolute atomic E-state index is 12.3. The van der Waals surface area contributed by atoms with Gasteiger partial charge in [-0.1, -0.05) is 6.07 Å². The zero-order chi connectivity index (χ0) is 17.7. The van der Waals surface area contributed by atoms with Crippen LogP contribution in [0.1, 0.15) is 16.7 Å². The molecule has 1 amide bonds. The quantitative estimate of drug-likeness (QED) is 0.666. The zero-order valence-corrected chi connectivity index (χ0v) is 13.8. The van der Waals surface area contributed by atoms with Crippen LogP contribution in [-0.4, -0.2) is 18.1 Å². The number of amides is 1. The summed E-state index contributed by atoms with van der Waals surface area (Å²) in [5.41, 5.74) is 2.57. The molecule has 2 aromatic rings. The summed E-state index contributed by atoms with van der Waals surface area (Å²) in [4.78, 5) is 12.3. The van der Waals surface area contributed by atoms with E-state index in [0.717, 1.165) is 0 Å². The summed E-state index contributed by atoms with van der Waals surface area (Å²) in [6, 6.07) is 12.2. The van der Waals surface area contributed by atoms with Crippen LogP contribution in [0.15, 0.2) is 42.0 Å². The smallest absolute Gasteiger partial charge is 0.266 e. The first kappa shape index (κ1) is 17.1. The van der Waals surface area contributed by atoms with Crippen molar-refractivity contribution in [2.24, 2.45) is 0 Å². The number of aryl methyl sites for hydroxylation is 2. The van der Waals surface area contributed by atoms with Crippen LogP contribution in [0.4, 0.5) is 5.69 Å². The third kappa shape index (κ3) is 3.93. The maximum atomic E-state index is 12.3. The number of hydrogen-bond donors (Lipinski definition) is 2. The minimum absolute atomic E-state index is 0.0256. The molecule has 2 N–H and O–H groups in total. The normalized spacial score (nSPS) is 10.8. The highest BCUT2D eigenvalue weighted by Gasteiger charge is 2.11. The molecule has 0 aliphatic heterocycles. The molecule has 0 heterocycles. The molecule has 122 valence electrons. The number of anilines is 1. The summed E-state index contributed by atoms with van der Waals surface area (Å²) in [6.07, 6.45) is 1.49. The minimum Gasteiger partial charge on any atom is -0.507 e. The number of rotatable bonds is 4. The van der Waals surface area contributed by atoms with Crippen molar-refractivity contribution >= 4 is 17.7 Å². The number of benzene rings is 2. The molecule has 0 aliphatic carbocycles. The molecular formula is C19H18N2O3. The zero-order valence-electron chi connectivity index (χ0n) is 13.8. The van der Waals surface area contributed by atoms with Gasteiger partial charge in [0.25, 0.3) is 5.91 Å². The summed E-state index contributed by atoms with van der Waals surface area (Å²) >= 11 is 0. The molecular weight excluding hydrogens is 304 g/mol. The van der Waals surface area contributed by atoms with Gasteiger partial charge in [-0.05, 0) is 60.9 Å². The first-order valence-electron chi connectivity index (χ1n) is 7.32. The number of carbonyl (C=O) groups is 1. The van der Waals surface area contributed by atoms with Crippen molar-refractivity contribution in [1.82, 2.24) is 0 Å². The number of carbonyl (C=O) groups excluding carboxylic acids is 1. The summed E-state index contributed by atoms with van der Waals surface area (Å²) in [7, 11) is 1.54. The topological polar surface area (TPSA) is 82.3 Å². The Kier molecular flexibility index (Phi) is 5.23. The third-order valence-electron chi connectivity index (χ3n) is 3.52. The number of nitriles is 1. The van der Waals surface area contributed by atoms with Gasteiger partial charge < -0.3 is 15.2 Å². The summed E-state index contributed by atoms with van der Waals surface area (Å²) in [6.45, 7) is 3.53. The van der Waals surface area contributed by atoms with E-state index in [-0.39, 0.29) is 11.3 Å². The van der Waals surface area contributed by atoms with Gasteiger partial charge in [-0.3, -0.25) is 4.79 Å². The van der Waals surface area contributed by atoms with E-state index in [1.165, 1.54) is 13.2 Å². The lowest BCUT2D eigenvalue weighted by atomic mass is 10.0. The lowest BCUT2D eigenvalue weighted by Gasteiger charge is -2.07. The van der Waals surface area contributed by atoms with Crippen LogP contribution in [0, 0.1) is 25.2 Å². The fraction of sp³-hybridized carbons (Fsp3) is 0.158. The summed E-state index contributed by atoms with van der Waals surface area (Å²) in [5.74, 6) is 0.320. The predicted molar refractivity (Wildman–Crippen MR) is 92.8 cm³/mol. The molecule has 0 fully saturated rings. The molecule has 0 radical (unpaired) electrons. The van der Waals surface area contributed by atoms with Crippen molar-refractivity contribution in [1.29, 1.82) is 5.26 Å². The van der Waals surface area contributed by atoms with E-state index < -0.39 is 5.91 Å². The van der Waals surface area contributed by atoms with Crippen molar-refractivity contribution < 1.29 is 14.6 Å². The fourth-order valence-corrected chi connectivity index (χ4v) is 2.29. The van der Waals surface area contributed by atoms with E-state index in [4.69, 9.17) is 4.74 Å². The van der Waals surface area contributed by atoms with Gasteiger partial charge in [0.05, 0.1) is 7.11 Å². The number of aromatic hydroxyl groups is 1. The molecule has 0 saturated carbocycles. The molecule has 5 nitrogen and oxygen atoms in total. The Bertz CT molecular complexity index is 825. The number of nitrogens with one attached hydrogen (secondary N) is 1. The molecule has 0 aromatic heterocycles. The Hall–Kier alpha value is -3.26. The van der Waals surface area contributed by atoms with Gasteiger partial charge >= 0.3 is 0 Å². The van der Waals surface area contributed by atoms with Gasteiger partial charge in [0.1, 0.15) is 23.1 Å². The molecule has 5 heteroatoms. The average Bonchev–Trinajstić information content (AvgIpc) is 2.57. The van der Waals surface area contributed by atoms with Crippen LogP contribution in [0.5, 0.6) is 11.5 Å². The second-order valence-corrected chi connectivity index (χ2v) is 5.36. The van der Waals surface area contributed by atoms with E-state index in [2.05, 4.69) is 5.32 Å². The molecule has 2 rings (SSSR count). The molecule has 0 aliphatic rings. The van der Waals surface area contributed by atoms with Crippen LogP contribution in [-0.2, 0) is 4.79 Å². The van der Waals surface area contributed by atoms with Crippen molar-refractivity contribution in [3.05, 3.63) is 58.7 Å². The fourth-order valence-electron chi connectivity index (χ4n) is 2.29. The molecule has 24 heavy (non-hydrogen) atoms. The van der Waals surface area contributed by atoms with E-state index in [1.54, 1.807) is 50.2 Å². The third-order valence-corrected chi connectivity index (χ3v) is 3.52. The number of nitrogens with zero attached hydrogens (tertiary/aromatic N) is 1. The van der Waals surface area contributed by atoms with Crippen molar-refractivity contribution in [2.75, 3.05) is 12.4 Å². The number of methoxy groups -OCH3 is 1. The Morgan fingerprint density at radius 2 is 1.92 bits per heavy atom. The van der Waals surface area contributed by atoms with Gasteiger partial charge in [0, 0.05) is 11.8 Å². The van der Waals surface area contributed by atoms with Crippen LogP contribution in [0.25, 0.3) is 6.08 Å². The van der Waals surface area contributed by atoms with Crippen LogP contribution >= 0.6 is 0 Å². The van der Waals surface area contributed by atoms with Crippen molar-refractivity contribution in [3.8, 4) is 17.6 Å². The van der Waals surface area contributed by atoms with Gasteiger partial charge in [0.15, 0.2) is 0 Å². The molecule has 0 spiro atoms. The number of phenolic OH excluding ortho intramolecular Hbond substituents is 1. The first-order chi connectivity index (χ1) is 11.4. The van der Waals surface area contributed by atoms with E-state index in [9.17, 15) is 15.2 Å². The first-order valence-corrected chi connectivity index (χ1v) is 7.32. The molecule has 0 atom stereocenters. The Balaban J connectivity index is 2.27. The Morgan fingerprint density at radius 3 is 2.50 bits per heavy atom. The van der Waals surface area contributed by atoms with Crippen LogP contribution in [0.2, 0.25) is 0 Å². The molecule has 0 bridgehead atoms. The molecule has 2 aromatic carbocycles. The number of phenols is 1. The highest BCUT2D eigenvalue weighted by Crippen LogP contribution is 2.24. The minimum atomic E-state index is -0.505. The summed E-state index contributed by atoms with van der Waals surface area (Å²) < 4.78 is 5.10. The largest absolute Gasteiger partial charge is 0.507 e. The lowest BCUT2D eigenvalue weighted by molar-refractivity contribution is -0.112. The van der Waals surface area contributed by atoms with Crippen molar-refractivity contribution in [2.45, 2.75) is 13.8 Å². The van der Waals surface area contributed by atoms with Crippen LogP contribution in [0.3, 0.4) is 0 Å². The standard InChI is InChI=1S/C19H18N2O3/c1-12-7-14(8-13(2)18(12)22)9-15(11-20)19(23)21-16-5-4-6-17(10-16)24-3/h4-10,22H,1-3H3,(H,21,23)/b15-9+. The lowest BCUT2D eigenvalue weighted by Crippen LogP contribution is -2.13. The van der Waals surface area contributed by atoms with Crippen LogP contribution < -0.4 is 10.1 Å². The van der Waals surface area contributed by atoms with Gasteiger partial charge in [-0.2, -0.15) is 5.26 Å². The van der Waals surface area contributed by atoms with Crippen molar-refractivity contribution in [3.63, 3.8) is 0 Å².